The van der Waals surface area contributed by atoms with Crippen LogP contribution in [0.3, 0.4) is 0 Å². The van der Waals surface area contributed by atoms with Crippen LogP contribution in [0.4, 0.5) is 11.4 Å². The second kappa shape index (κ2) is 13.4. The van der Waals surface area contributed by atoms with E-state index < -0.39 is 17.3 Å². The van der Waals surface area contributed by atoms with Crippen molar-refractivity contribution >= 4 is 58.2 Å². The average molecular weight is 615 g/mol. The molecule has 3 aromatic rings. The van der Waals surface area contributed by atoms with Crippen molar-refractivity contribution in [2.24, 2.45) is 0 Å². The summed E-state index contributed by atoms with van der Waals surface area (Å²) in [5.41, 5.74) is 2.83. The Morgan fingerprint density at radius 1 is 0.927 bits per heavy atom. The molecule has 216 valence electrons. The lowest BCUT2D eigenvalue weighted by Crippen LogP contribution is -2.47. The van der Waals surface area contributed by atoms with Gasteiger partial charge in [-0.15, -0.1) is 11.8 Å². The number of hydrogen-bond donors (Lipinski definition) is 0. The summed E-state index contributed by atoms with van der Waals surface area (Å²) < 4.78 is 11.0. The average Bonchev–Trinajstić information content (AvgIpc) is 3.08. The molecule has 0 N–H and O–H groups in total. The molecule has 10 heteroatoms. The van der Waals surface area contributed by atoms with Crippen LogP contribution in [0.25, 0.3) is 0 Å². The zero-order valence-corrected chi connectivity index (χ0v) is 25.4. The Morgan fingerprint density at radius 2 is 1.61 bits per heavy atom. The van der Waals surface area contributed by atoms with Gasteiger partial charge in [0.1, 0.15) is 5.75 Å². The van der Waals surface area contributed by atoms with Crippen LogP contribution in [0.15, 0.2) is 71.6 Å². The van der Waals surface area contributed by atoms with Gasteiger partial charge in [-0.05, 0) is 73.1 Å². The summed E-state index contributed by atoms with van der Waals surface area (Å²) in [4.78, 5) is 33.7. The second-order valence-electron chi connectivity index (χ2n) is 10.1. The van der Waals surface area contributed by atoms with E-state index >= 15 is 0 Å². The van der Waals surface area contributed by atoms with E-state index in [1.165, 1.54) is 24.4 Å². The number of rotatable bonds is 8. The van der Waals surface area contributed by atoms with Crippen molar-refractivity contribution in [3.8, 4) is 5.75 Å². The molecule has 2 aliphatic heterocycles. The Labute approximate surface area is 255 Å². The van der Waals surface area contributed by atoms with E-state index in [9.17, 15) is 9.59 Å². The van der Waals surface area contributed by atoms with Gasteiger partial charge in [0.2, 0.25) is 0 Å². The van der Waals surface area contributed by atoms with Crippen LogP contribution in [0.2, 0.25) is 10.0 Å². The smallest absolute Gasteiger partial charge is 0.303 e. The molecule has 0 aliphatic carbocycles. The Morgan fingerprint density at radius 3 is 2.27 bits per heavy atom. The van der Waals surface area contributed by atoms with E-state index in [1.54, 1.807) is 18.1 Å². The van der Waals surface area contributed by atoms with Crippen molar-refractivity contribution in [2.75, 3.05) is 56.2 Å². The van der Waals surface area contributed by atoms with Gasteiger partial charge >= 0.3 is 5.97 Å². The highest BCUT2D eigenvalue weighted by molar-refractivity contribution is 7.99. The number of thioether (sulfide) groups is 1. The fourth-order valence-corrected chi connectivity index (χ4v) is 7.02. The molecule has 5 rings (SSSR count). The fraction of sp³-hybridized carbons (Fsp3) is 0.355. The number of esters is 1. The van der Waals surface area contributed by atoms with Gasteiger partial charge in [0, 0.05) is 60.3 Å². The van der Waals surface area contributed by atoms with Crippen LogP contribution >= 0.6 is 35.0 Å². The highest BCUT2D eigenvalue weighted by atomic mass is 35.5. The summed E-state index contributed by atoms with van der Waals surface area (Å²) in [7, 11) is 1.61. The van der Waals surface area contributed by atoms with Crippen LogP contribution in [0.1, 0.15) is 24.2 Å². The van der Waals surface area contributed by atoms with Crippen LogP contribution in [-0.4, -0.2) is 69.3 Å². The molecule has 41 heavy (non-hydrogen) atoms. The minimum absolute atomic E-state index is 0.234. The molecule has 7 nitrogen and oxygen atoms in total. The van der Waals surface area contributed by atoms with Gasteiger partial charge in [0.05, 0.1) is 18.0 Å². The number of nitrogens with zero attached hydrogens (tertiary/aromatic N) is 3. The van der Waals surface area contributed by atoms with E-state index in [4.69, 9.17) is 32.7 Å². The maximum atomic E-state index is 14.1. The maximum Gasteiger partial charge on any atom is 0.303 e. The summed E-state index contributed by atoms with van der Waals surface area (Å²) in [6.07, 6.45) is -0.209. The molecule has 2 atom stereocenters. The zero-order chi connectivity index (χ0) is 28.9. The van der Waals surface area contributed by atoms with Crippen LogP contribution in [0, 0.1) is 0 Å². The lowest BCUT2D eigenvalue weighted by atomic mass is 10.1. The molecule has 0 bridgehead atoms. The molecule has 3 aromatic carbocycles. The number of fused-ring (bicyclic) bond motifs is 1. The Balaban J connectivity index is 1.31. The molecular formula is C31H33Cl2N3O4S. The molecular weight excluding hydrogens is 581 g/mol. The number of piperazine rings is 1. The van der Waals surface area contributed by atoms with Crippen LogP contribution in [0.5, 0.6) is 5.75 Å². The minimum Gasteiger partial charge on any atom is -0.497 e. The number of ether oxygens (including phenoxy) is 2. The fourth-order valence-electron chi connectivity index (χ4n) is 5.30. The third-order valence-corrected chi connectivity index (χ3v) is 9.25. The van der Waals surface area contributed by atoms with Gasteiger partial charge < -0.3 is 19.3 Å². The van der Waals surface area contributed by atoms with E-state index in [0.717, 1.165) is 60.3 Å². The van der Waals surface area contributed by atoms with Crippen molar-refractivity contribution in [2.45, 2.75) is 29.6 Å². The molecule has 0 aromatic heterocycles. The third-order valence-electron chi connectivity index (χ3n) is 7.41. The monoisotopic (exact) mass is 613 g/mol. The molecule has 1 fully saturated rings. The summed E-state index contributed by atoms with van der Waals surface area (Å²) in [6.45, 7) is 6.43. The van der Waals surface area contributed by atoms with Crippen LogP contribution in [-0.2, 0) is 14.3 Å². The predicted octanol–water partition coefficient (Wildman–Crippen LogP) is 6.33. The standard InChI is InChI=1S/C31H33Cl2N3O4S/c1-21(37)40-29-30(22-4-11-26(39-2)12-5-22)41-28-20-24(33)8-13-27(28)36(31(29)38)15-3-14-34-16-18-35(19-17-34)25-9-6-23(32)7-10-25/h4-13,20,29-30H,3,14-19H2,1-2H3/t29?,30-/m0/s1. The van der Waals surface area contributed by atoms with Crippen molar-refractivity contribution in [1.29, 1.82) is 0 Å². The lowest BCUT2D eigenvalue weighted by Gasteiger charge is -2.36. The predicted molar refractivity (Wildman–Crippen MR) is 166 cm³/mol. The highest BCUT2D eigenvalue weighted by Gasteiger charge is 2.41. The number of carbonyl (C=O) groups is 2. The largest absolute Gasteiger partial charge is 0.497 e. The summed E-state index contributed by atoms with van der Waals surface area (Å²) in [5, 5.41) is 0.881. The maximum absolute atomic E-state index is 14.1. The third kappa shape index (κ3) is 7.12. The first kappa shape index (κ1) is 29.6. The number of carbonyl (C=O) groups excluding carboxylic acids is 2. The van der Waals surface area contributed by atoms with Gasteiger partial charge in [-0.1, -0.05) is 35.3 Å². The molecule has 2 aliphatic rings. The normalized spacial score (nSPS) is 19.5. The van der Waals surface area contributed by atoms with E-state index in [0.29, 0.717) is 17.3 Å². The second-order valence-corrected chi connectivity index (χ2v) is 12.2. The molecule has 0 spiro atoms. The van der Waals surface area contributed by atoms with Gasteiger partial charge in [0.25, 0.3) is 5.91 Å². The molecule has 1 amide bonds. The van der Waals surface area contributed by atoms with E-state index in [2.05, 4.69) is 21.9 Å². The first-order valence-corrected chi connectivity index (χ1v) is 15.3. The topological polar surface area (TPSA) is 62.3 Å². The number of hydrogen-bond acceptors (Lipinski definition) is 7. The summed E-state index contributed by atoms with van der Waals surface area (Å²) in [5.74, 6) is -0.0195. The Hall–Kier alpha value is -2.91. The van der Waals surface area contributed by atoms with Crippen molar-refractivity contribution in [3.63, 3.8) is 0 Å². The lowest BCUT2D eigenvalue weighted by molar-refractivity contribution is -0.152. The van der Waals surface area contributed by atoms with Gasteiger partial charge in [-0.25, -0.2) is 0 Å². The quantitative estimate of drug-likeness (QED) is 0.275. The van der Waals surface area contributed by atoms with Gasteiger partial charge in [-0.2, -0.15) is 0 Å². The molecule has 1 unspecified atom stereocenters. The van der Waals surface area contributed by atoms with Crippen molar-refractivity contribution in [3.05, 3.63) is 82.3 Å². The van der Waals surface area contributed by atoms with E-state index in [-0.39, 0.29) is 5.91 Å². The van der Waals surface area contributed by atoms with Gasteiger partial charge in [-0.3, -0.25) is 14.5 Å². The first-order chi connectivity index (χ1) is 19.8. The molecule has 0 radical (unpaired) electrons. The van der Waals surface area contributed by atoms with Crippen molar-refractivity contribution in [1.82, 2.24) is 4.90 Å². The van der Waals surface area contributed by atoms with Crippen LogP contribution < -0.4 is 14.5 Å². The Bertz CT molecular complexity index is 1360. The zero-order valence-electron chi connectivity index (χ0n) is 23.1. The van der Waals surface area contributed by atoms with E-state index in [1.807, 2.05) is 48.5 Å². The summed E-state index contributed by atoms with van der Waals surface area (Å²) in [6, 6.07) is 21.0. The molecule has 0 saturated carbocycles. The molecule has 1 saturated heterocycles. The van der Waals surface area contributed by atoms with Crippen molar-refractivity contribution < 1.29 is 19.1 Å². The number of benzene rings is 3. The highest BCUT2D eigenvalue weighted by Crippen LogP contribution is 2.47. The SMILES string of the molecule is COc1ccc([C@@H]2Sc3cc(Cl)ccc3N(CCCN3CCN(c4ccc(Cl)cc4)CC3)C(=O)C2OC(C)=O)cc1. The summed E-state index contributed by atoms with van der Waals surface area (Å²) >= 11 is 13.9. The number of anilines is 2. The first-order valence-electron chi connectivity index (χ1n) is 13.6. The number of halogens is 2. The number of methoxy groups -OCH3 is 1. The Kier molecular flexibility index (Phi) is 9.65. The van der Waals surface area contributed by atoms with Gasteiger partial charge in [0.15, 0.2) is 6.10 Å². The minimum atomic E-state index is -0.986. The molecule has 2 heterocycles. The number of amides is 1.